The van der Waals surface area contributed by atoms with Crippen molar-refractivity contribution >= 4 is 11.8 Å². The van der Waals surface area contributed by atoms with Crippen LogP contribution < -0.4 is 11.1 Å². The van der Waals surface area contributed by atoms with Crippen LogP contribution in [0, 0.1) is 0 Å². The summed E-state index contributed by atoms with van der Waals surface area (Å²) in [6, 6.07) is 15.9. The SMILES string of the molecule is NC(=NC[C@H]1CC[C@@H](c2ccccc2)O1)Nc1ccccn1. The van der Waals surface area contributed by atoms with Gasteiger partial charge in [0.15, 0.2) is 5.96 Å². The van der Waals surface area contributed by atoms with Crippen molar-refractivity contribution in [2.75, 3.05) is 11.9 Å². The first-order chi connectivity index (χ1) is 10.8. The van der Waals surface area contributed by atoms with Gasteiger partial charge in [0.2, 0.25) is 0 Å². The highest BCUT2D eigenvalue weighted by molar-refractivity contribution is 5.91. The van der Waals surface area contributed by atoms with E-state index in [0.29, 0.717) is 18.3 Å². The van der Waals surface area contributed by atoms with E-state index in [1.807, 2.05) is 36.4 Å². The fourth-order valence-corrected chi connectivity index (χ4v) is 2.56. The predicted octanol–water partition coefficient (Wildman–Crippen LogP) is 2.73. The van der Waals surface area contributed by atoms with Gasteiger partial charge in [0, 0.05) is 6.20 Å². The van der Waals surface area contributed by atoms with Gasteiger partial charge >= 0.3 is 0 Å². The molecular formula is C17H20N4O. The highest BCUT2D eigenvalue weighted by Crippen LogP contribution is 2.32. The molecule has 1 fully saturated rings. The van der Waals surface area contributed by atoms with E-state index >= 15 is 0 Å². The summed E-state index contributed by atoms with van der Waals surface area (Å²) in [4.78, 5) is 8.49. The molecule has 5 nitrogen and oxygen atoms in total. The van der Waals surface area contributed by atoms with Crippen molar-refractivity contribution in [2.45, 2.75) is 25.0 Å². The summed E-state index contributed by atoms with van der Waals surface area (Å²) in [5.74, 6) is 1.06. The lowest BCUT2D eigenvalue weighted by Gasteiger charge is -2.13. The summed E-state index contributed by atoms with van der Waals surface area (Å²) in [5, 5.41) is 2.97. The first-order valence-electron chi connectivity index (χ1n) is 7.49. The molecule has 0 amide bonds. The summed E-state index contributed by atoms with van der Waals surface area (Å²) >= 11 is 0. The van der Waals surface area contributed by atoms with E-state index in [1.54, 1.807) is 6.20 Å². The van der Waals surface area contributed by atoms with Gasteiger partial charge in [0.1, 0.15) is 5.82 Å². The lowest BCUT2D eigenvalue weighted by atomic mass is 10.1. The first kappa shape index (κ1) is 14.5. The number of nitrogens with two attached hydrogens (primary N) is 1. The molecule has 2 aromatic rings. The monoisotopic (exact) mass is 296 g/mol. The van der Waals surface area contributed by atoms with Crippen molar-refractivity contribution in [3.63, 3.8) is 0 Å². The lowest BCUT2D eigenvalue weighted by molar-refractivity contribution is 0.0501. The van der Waals surface area contributed by atoms with Crippen molar-refractivity contribution in [3.8, 4) is 0 Å². The minimum atomic E-state index is 0.120. The van der Waals surface area contributed by atoms with Crippen LogP contribution in [0.4, 0.5) is 5.82 Å². The topological polar surface area (TPSA) is 72.5 Å². The molecule has 22 heavy (non-hydrogen) atoms. The highest BCUT2D eigenvalue weighted by atomic mass is 16.5. The van der Waals surface area contributed by atoms with E-state index in [9.17, 15) is 0 Å². The van der Waals surface area contributed by atoms with Crippen molar-refractivity contribution in [1.82, 2.24) is 4.98 Å². The summed E-state index contributed by atoms with van der Waals surface area (Å²) in [6.07, 6.45) is 4.03. The van der Waals surface area contributed by atoms with Gasteiger partial charge in [-0.1, -0.05) is 36.4 Å². The van der Waals surface area contributed by atoms with Crippen LogP contribution in [0.15, 0.2) is 59.7 Å². The van der Waals surface area contributed by atoms with Crippen LogP contribution >= 0.6 is 0 Å². The third kappa shape index (κ3) is 3.83. The van der Waals surface area contributed by atoms with E-state index in [0.717, 1.165) is 12.8 Å². The van der Waals surface area contributed by atoms with Crippen LogP contribution in [0.3, 0.4) is 0 Å². The number of ether oxygens (including phenoxy) is 1. The Morgan fingerprint density at radius 2 is 2.00 bits per heavy atom. The van der Waals surface area contributed by atoms with Crippen LogP contribution in [0.2, 0.25) is 0 Å². The van der Waals surface area contributed by atoms with Crippen LogP contribution in [-0.4, -0.2) is 23.6 Å². The molecule has 1 saturated heterocycles. The average Bonchev–Trinajstić information content (AvgIpc) is 3.04. The molecule has 1 aromatic heterocycles. The van der Waals surface area contributed by atoms with Crippen molar-refractivity contribution in [2.24, 2.45) is 10.7 Å². The number of aliphatic imine (C=N–C) groups is 1. The number of nitrogens with one attached hydrogen (secondary N) is 1. The number of hydrogen-bond donors (Lipinski definition) is 2. The smallest absolute Gasteiger partial charge is 0.194 e. The van der Waals surface area contributed by atoms with Gasteiger partial charge in [0.05, 0.1) is 18.8 Å². The molecule has 2 atom stereocenters. The molecule has 114 valence electrons. The number of benzene rings is 1. The van der Waals surface area contributed by atoms with Gasteiger partial charge in [-0.05, 0) is 30.5 Å². The summed E-state index contributed by atoms with van der Waals surface area (Å²) in [5.41, 5.74) is 7.10. The number of aromatic nitrogens is 1. The quantitative estimate of drug-likeness (QED) is 0.672. The maximum Gasteiger partial charge on any atom is 0.194 e. The second-order valence-electron chi connectivity index (χ2n) is 5.30. The Hall–Kier alpha value is -2.40. The molecule has 2 heterocycles. The number of hydrogen-bond acceptors (Lipinski definition) is 3. The van der Waals surface area contributed by atoms with Crippen LogP contribution in [0.25, 0.3) is 0 Å². The van der Waals surface area contributed by atoms with Crippen LogP contribution in [0.5, 0.6) is 0 Å². The minimum Gasteiger partial charge on any atom is -0.370 e. The molecule has 5 heteroatoms. The average molecular weight is 296 g/mol. The minimum absolute atomic E-state index is 0.120. The number of nitrogens with zero attached hydrogens (tertiary/aromatic N) is 2. The normalized spacial score (nSPS) is 21.7. The standard InChI is InChI=1S/C17H20N4O/c18-17(21-16-8-4-5-11-19-16)20-12-14-9-10-15(22-14)13-6-2-1-3-7-13/h1-8,11,14-15H,9-10,12H2,(H3,18,19,20,21)/t14-,15+/m1/s1. The van der Waals surface area contributed by atoms with Gasteiger partial charge in [-0.15, -0.1) is 0 Å². The van der Waals surface area contributed by atoms with Crippen LogP contribution in [-0.2, 0) is 4.74 Å². The second kappa shape index (κ2) is 7.04. The van der Waals surface area contributed by atoms with E-state index in [4.69, 9.17) is 10.5 Å². The Morgan fingerprint density at radius 3 is 2.77 bits per heavy atom. The predicted molar refractivity (Wildman–Crippen MR) is 87.6 cm³/mol. The maximum atomic E-state index is 6.04. The highest BCUT2D eigenvalue weighted by Gasteiger charge is 2.26. The number of pyridine rings is 1. The molecule has 1 aliphatic rings. The zero-order valence-electron chi connectivity index (χ0n) is 12.4. The Labute approximate surface area is 130 Å². The molecule has 0 bridgehead atoms. The van der Waals surface area contributed by atoms with Gasteiger partial charge in [-0.3, -0.25) is 4.99 Å². The third-order valence-electron chi connectivity index (χ3n) is 3.67. The van der Waals surface area contributed by atoms with E-state index in [-0.39, 0.29) is 12.2 Å². The Bertz CT molecular complexity index is 615. The number of guanidine groups is 1. The first-order valence-corrected chi connectivity index (χ1v) is 7.49. The largest absolute Gasteiger partial charge is 0.370 e. The molecule has 1 aromatic carbocycles. The lowest BCUT2D eigenvalue weighted by Crippen LogP contribution is -2.25. The van der Waals surface area contributed by atoms with E-state index in [2.05, 4.69) is 27.4 Å². The molecule has 0 saturated carbocycles. The molecule has 1 aliphatic heterocycles. The molecule has 0 spiro atoms. The van der Waals surface area contributed by atoms with E-state index in [1.165, 1.54) is 5.56 Å². The maximum absolute atomic E-state index is 6.04. The summed E-state index contributed by atoms with van der Waals surface area (Å²) in [7, 11) is 0. The van der Waals surface area contributed by atoms with Crippen molar-refractivity contribution in [1.29, 1.82) is 0 Å². The molecule has 3 N–H and O–H groups in total. The second-order valence-corrected chi connectivity index (χ2v) is 5.30. The van der Waals surface area contributed by atoms with Gasteiger partial charge in [-0.2, -0.15) is 0 Å². The van der Waals surface area contributed by atoms with Crippen molar-refractivity contribution in [3.05, 3.63) is 60.3 Å². The Kier molecular flexibility index (Phi) is 4.65. The van der Waals surface area contributed by atoms with Gasteiger partial charge in [-0.25, -0.2) is 4.98 Å². The Balaban J connectivity index is 1.51. The summed E-state index contributed by atoms with van der Waals surface area (Å²) < 4.78 is 6.04. The zero-order valence-corrected chi connectivity index (χ0v) is 12.4. The Morgan fingerprint density at radius 1 is 1.18 bits per heavy atom. The molecular weight excluding hydrogens is 276 g/mol. The molecule has 0 radical (unpaired) electrons. The zero-order chi connectivity index (χ0) is 15.2. The van der Waals surface area contributed by atoms with Crippen LogP contribution in [0.1, 0.15) is 24.5 Å². The van der Waals surface area contributed by atoms with Gasteiger partial charge < -0.3 is 15.8 Å². The third-order valence-corrected chi connectivity index (χ3v) is 3.67. The fourth-order valence-electron chi connectivity index (χ4n) is 2.56. The number of rotatable bonds is 4. The van der Waals surface area contributed by atoms with Crippen molar-refractivity contribution < 1.29 is 4.74 Å². The number of anilines is 1. The molecule has 0 unspecified atom stereocenters. The van der Waals surface area contributed by atoms with Gasteiger partial charge in [0.25, 0.3) is 0 Å². The molecule has 0 aliphatic carbocycles. The van der Waals surface area contributed by atoms with E-state index < -0.39 is 0 Å². The molecule has 3 rings (SSSR count). The fraction of sp³-hybridized carbons (Fsp3) is 0.294. The summed E-state index contributed by atoms with van der Waals surface area (Å²) in [6.45, 7) is 0.564.